The number of rotatable bonds is 6. The van der Waals surface area contributed by atoms with Crippen molar-refractivity contribution in [3.8, 4) is 0 Å². The van der Waals surface area contributed by atoms with Crippen molar-refractivity contribution in [2.75, 3.05) is 20.8 Å². The summed E-state index contributed by atoms with van der Waals surface area (Å²) in [5.41, 5.74) is 0. The van der Waals surface area contributed by atoms with Crippen LogP contribution in [0.3, 0.4) is 0 Å². The maximum absolute atomic E-state index is 11.1. The van der Waals surface area contributed by atoms with Crippen LogP contribution in [-0.4, -0.2) is 32.8 Å². The Hall–Kier alpha value is -1.33. The Labute approximate surface area is 94.7 Å². The molecule has 1 N–H and O–H groups in total. The van der Waals surface area contributed by atoms with E-state index in [1.54, 1.807) is 19.2 Å². The maximum Gasteiger partial charge on any atom is 0.373 e. The molecular weight excluding hydrogens is 210 g/mol. The van der Waals surface area contributed by atoms with E-state index in [9.17, 15) is 4.79 Å². The van der Waals surface area contributed by atoms with Gasteiger partial charge in [-0.05, 0) is 19.1 Å². The number of nitrogens with one attached hydrogen (secondary N) is 1. The minimum Gasteiger partial charge on any atom is -0.463 e. The van der Waals surface area contributed by atoms with Crippen molar-refractivity contribution in [2.24, 2.45) is 0 Å². The van der Waals surface area contributed by atoms with E-state index in [0.717, 1.165) is 6.54 Å². The van der Waals surface area contributed by atoms with E-state index in [-0.39, 0.29) is 11.9 Å². The second kappa shape index (κ2) is 6.30. The summed E-state index contributed by atoms with van der Waals surface area (Å²) in [6, 6.07) is 3.35. The first-order valence-corrected chi connectivity index (χ1v) is 5.08. The quantitative estimate of drug-likeness (QED) is 0.740. The zero-order chi connectivity index (χ0) is 12.0. The van der Waals surface area contributed by atoms with E-state index < -0.39 is 5.97 Å². The van der Waals surface area contributed by atoms with Crippen molar-refractivity contribution in [3.63, 3.8) is 0 Å². The molecule has 5 nitrogen and oxygen atoms in total. The van der Waals surface area contributed by atoms with E-state index in [0.29, 0.717) is 12.3 Å². The normalized spacial score (nSPS) is 12.4. The Bertz CT molecular complexity index is 334. The lowest BCUT2D eigenvalue weighted by molar-refractivity contribution is 0.0562. The average Bonchev–Trinajstić information content (AvgIpc) is 2.76. The van der Waals surface area contributed by atoms with E-state index in [4.69, 9.17) is 9.15 Å². The Morgan fingerprint density at radius 3 is 2.88 bits per heavy atom. The fraction of sp³-hybridized carbons (Fsp3) is 0.545. The lowest BCUT2D eigenvalue weighted by atomic mass is 10.4. The van der Waals surface area contributed by atoms with Gasteiger partial charge in [-0.2, -0.15) is 0 Å². The van der Waals surface area contributed by atoms with Crippen molar-refractivity contribution in [1.29, 1.82) is 0 Å². The van der Waals surface area contributed by atoms with E-state index in [1.165, 1.54) is 7.11 Å². The molecule has 0 aromatic carbocycles. The molecule has 1 unspecified atom stereocenters. The molecule has 0 spiro atoms. The molecule has 0 radical (unpaired) electrons. The van der Waals surface area contributed by atoms with Crippen LogP contribution in [0.5, 0.6) is 0 Å². The first kappa shape index (κ1) is 12.7. The van der Waals surface area contributed by atoms with Crippen molar-refractivity contribution >= 4 is 5.97 Å². The number of carbonyl (C=O) groups is 1. The number of methoxy groups -OCH3 is 2. The molecule has 0 aliphatic carbocycles. The molecule has 0 fully saturated rings. The summed E-state index contributed by atoms with van der Waals surface area (Å²) in [4.78, 5) is 11.1. The summed E-state index contributed by atoms with van der Waals surface area (Å²) in [6.07, 6.45) is 0.148. The van der Waals surface area contributed by atoms with Gasteiger partial charge in [-0.1, -0.05) is 0 Å². The summed E-state index contributed by atoms with van der Waals surface area (Å²) in [7, 11) is 2.98. The molecule has 0 aliphatic heterocycles. The van der Waals surface area contributed by atoms with Crippen LogP contribution >= 0.6 is 0 Å². The van der Waals surface area contributed by atoms with Gasteiger partial charge in [0.2, 0.25) is 5.76 Å². The second-order valence-electron chi connectivity index (χ2n) is 3.43. The molecule has 90 valence electrons. The number of esters is 1. The highest BCUT2D eigenvalue weighted by Gasteiger charge is 2.10. The molecule has 1 heterocycles. The fourth-order valence-electron chi connectivity index (χ4n) is 1.17. The molecule has 0 bridgehead atoms. The SMILES string of the molecule is COC(=O)c1ccc(CNCC(C)OC)o1. The number of ether oxygens (including phenoxy) is 2. The molecule has 0 amide bonds. The highest BCUT2D eigenvalue weighted by atomic mass is 16.5. The molecule has 1 atom stereocenters. The van der Waals surface area contributed by atoms with Crippen LogP contribution in [0.15, 0.2) is 16.5 Å². The van der Waals surface area contributed by atoms with Crippen LogP contribution in [0.2, 0.25) is 0 Å². The third kappa shape index (κ3) is 3.67. The molecule has 16 heavy (non-hydrogen) atoms. The molecule has 1 aromatic rings. The smallest absolute Gasteiger partial charge is 0.373 e. The third-order valence-corrected chi connectivity index (χ3v) is 2.18. The highest BCUT2D eigenvalue weighted by Crippen LogP contribution is 2.08. The van der Waals surface area contributed by atoms with Crippen molar-refractivity contribution in [3.05, 3.63) is 23.7 Å². The van der Waals surface area contributed by atoms with Crippen LogP contribution in [0.4, 0.5) is 0 Å². The number of carbonyl (C=O) groups excluding carboxylic acids is 1. The molecule has 1 rings (SSSR count). The molecule has 0 aliphatic rings. The van der Waals surface area contributed by atoms with Crippen molar-refractivity contribution < 1.29 is 18.7 Å². The minimum absolute atomic E-state index is 0.148. The largest absolute Gasteiger partial charge is 0.463 e. The molecule has 0 saturated carbocycles. The Morgan fingerprint density at radius 2 is 2.25 bits per heavy atom. The molecular formula is C11H17NO4. The van der Waals surface area contributed by atoms with Crippen LogP contribution in [0.25, 0.3) is 0 Å². The molecule has 1 aromatic heterocycles. The summed E-state index contributed by atoms with van der Waals surface area (Å²) in [5, 5.41) is 3.15. The van der Waals surface area contributed by atoms with E-state index in [2.05, 4.69) is 10.1 Å². The Balaban J connectivity index is 2.38. The van der Waals surface area contributed by atoms with Crippen LogP contribution in [0.1, 0.15) is 23.2 Å². The topological polar surface area (TPSA) is 60.7 Å². The van der Waals surface area contributed by atoms with Gasteiger partial charge in [-0.25, -0.2) is 4.79 Å². The predicted molar refractivity (Wildman–Crippen MR) is 58.2 cm³/mol. The highest BCUT2D eigenvalue weighted by molar-refractivity contribution is 5.86. The van der Waals surface area contributed by atoms with Gasteiger partial charge in [0.05, 0.1) is 19.8 Å². The van der Waals surface area contributed by atoms with Gasteiger partial charge in [-0.15, -0.1) is 0 Å². The van der Waals surface area contributed by atoms with Gasteiger partial charge in [-0.3, -0.25) is 0 Å². The predicted octanol–water partition coefficient (Wildman–Crippen LogP) is 1.19. The van der Waals surface area contributed by atoms with Gasteiger partial charge in [0.25, 0.3) is 0 Å². The van der Waals surface area contributed by atoms with E-state index in [1.807, 2.05) is 6.92 Å². The first-order chi connectivity index (χ1) is 7.67. The van der Waals surface area contributed by atoms with Gasteiger partial charge < -0.3 is 19.2 Å². The standard InChI is InChI=1S/C11H17NO4/c1-8(14-2)6-12-7-9-4-5-10(16-9)11(13)15-3/h4-5,8,12H,6-7H2,1-3H3. The molecule has 0 saturated heterocycles. The maximum atomic E-state index is 11.1. The number of hydrogen-bond donors (Lipinski definition) is 1. The lowest BCUT2D eigenvalue weighted by Crippen LogP contribution is -2.25. The second-order valence-corrected chi connectivity index (χ2v) is 3.43. The van der Waals surface area contributed by atoms with Crippen LogP contribution in [-0.2, 0) is 16.0 Å². The van der Waals surface area contributed by atoms with Crippen LogP contribution < -0.4 is 5.32 Å². The molecule has 5 heteroatoms. The minimum atomic E-state index is -0.462. The number of hydrogen-bond acceptors (Lipinski definition) is 5. The van der Waals surface area contributed by atoms with Crippen molar-refractivity contribution in [1.82, 2.24) is 5.32 Å². The average molecular weight is 227 g/mol. The van der Waals surface area contributed by atoms with Crippen molar-refractivity contribution in [2.45, 2.75) is 19.6 Å². The van der Waals surface area contributed by atoms with Gasteiger partial charge in [0.1, 0.15) is 5.76 Å². The summed E-state index contributed by atoms with van der Waals surface area (Å²) >= 11 is 0. The zero-order valence-corrected chi connectivity index (χ0v) is 9.78. The Morgan fingerprint density at radius 1 is 1.50 bits per heavy atom. The Kier molecular flexibility index (Phi) is 5.01. The summed E-state index contributed by atoms with van der Waals surface area (Å²) in [6.45, 7) is 3.25. The first-order valence-electron chi connectivity index (χ1n) is 5.08. The van der Waals surface area contributed by atoms with E-state index >= 15 is 0 Å². The third-order valence-electron chi connectivity index (χ3n) is 2.18. The van der Waals surface area contributed by atoms with Gasteiger partial charge in [0.15, 0.2) is 0 Å². The fourth-order valence-corrected chi connectivity index (χ4v) is 1.17. The van der Waals surface area contributed by atoms with Gasteiger partial charge >= 0.3 is 5.97 Å². The number of furan rings is 1. The lowest BCUT2D eigenvalue weighted by Gasteiger charge is -2.09. The summed E-state index contributed by atoms with van der Waals surface area (Å²) in [5.74, 6) is 0.458. The van der Waals surface area contributed by atoms with Crippen LogP contribution in [0, 0.1) is 0 Å². The zero-order valence-electron chi connectivity index (χ0n) is 9.78. The summed E-state index contributed by atoms with van der Waals surface area (Å²) < 4.78 is 14.9. The monoisotopic (exact) mass is 227 g/mol. The van der Waals surface area contributed by atoms with Gasteiger partial charge in [0, 0.05) is 13.7 Å².